The molecule has 9 nitrogen and oxygen atoms in total. The van der Waals surface area contributed by atoms with Crippen LogP contribution in [0.1, 0.15) is 18.5 Å². The number of para-hydroxylation sites is 1. The number of benzene rings is 2. The lowest BCUT2D eigenvalue weighted by Gasteiger charge is -2.31. The highest BCUT2D eigenvalue weighted by Crippen LogP contribution is 2.37. The summed E-state index contributed by atoms with van der Waals surface area (Å²) in [6, 6.07) is 17.4. The van der Waals surface area contributed by atoms with Crippen LogP contribution in [-0.2, 0) is 16.6 Å². The van der Waals surface area contributed by atoms with Gasteiger partial charge in [-0.15, -0.1) is 0 Å². The van der Waals surface area contributed by atoms with Gasteiger partial charge in [0.05, 0.1) is 11.9 Å². The van der Waals surface area contributed by atoms with Crippen molar-refractivity contribution >= 4 is 28.7 Å². The average molecular weight is 549 g/mol. The van der Waals surface area contributed by atoms with E-state index in [2.05, 4.69) is 28.4 Å². The van der Waals surface area contributed by atoms with Gasteiger partial charge in [-0.05, 0) is 54.7 Å². The molecule has 41 heavy (non-hydrogen) atoms. The van der Waals surface area contributed by atoms with Crippen LogP contribution in [0.25, 0.3) is 22.2 Å². The summed E-state index contributed by atoms with van der Waals surface area (Å²) in [6.45, 7) is 4.70. The summed E-state index contributed by atoms with van der Waals surface area (Å²) >= 11 is 0. The Kier molecular flexibility index (Phi) is 8.01. The molecule has 1 fully saturated rings. The Morgan fingerprint density at radius 1 is 1.10 bits per heavy atom. The van der Waals surface area contributed by atoms with Crippen molar-refractivity contribution in [1.82, 2.24) is 24.3 Å². The molecular weight excluding hydrogens is 516 g/mol. The van der Waals surface area contributed by atoms with Crippen LogP contribution in [0.15, 0.2) is 73.6 Å². The van der Waals surface area contributed by atoms with Crippen LogP contribution in [0.4, 0.5) is 5.82 Å². The first kappa shape index (κ1) is 27.5. The maximum Gasteiger partial charge on any atom is 0.246 e. The van der Waals surface area contributed by atoms with Gasteiger partial charge in [-0.1, -0.05) is 42.8 Å². The number of piperidine rings is 1. The standard InChI is InChI=1S/C32H32N6O3/c1-4-27(39)36(2)20-28(40)38-18-16-22(17-19-38)10-15-26-29(30-31(33)34-21-35-32(30)37(26)3)23-11-13-25(14-12-23)41-24-8-6-5-7-9-24/h4-9,11-14,21-22H,1,16-20H2,2-3H3,(H2,33,34,35). The van der Waals surface area contributed by atoms with Crippen molar-refractivity contribution in [2.45, 2.75) is 12.8 Å². The lowest BCUT2D eigenvalue weighted by molar-refractivity contribution is -0.138. The number of likely N-dealkylation sites (N-methyl/N-ethyl adjacent to an activating group) is 1. The van der Waals surface area contributed by atoms with Crippen molar-refractivity contribution in [1.29, 1.82) is 0 Å². The van der Waals surface area contributed by atoms with E-state index >= 15 is 0 Å². The number of hydrogen-bond acceptors (Lipinski definition) is 6. The summed E-state index contributed by atoms with van der Waals surface area (Å²) < 4.78 is 7.93. The van der Waals surface area contributed by atoms with Gasteiger partial charge in [0, 0.05) is 38.7 Å². The molecule has 2 N–H and O–H groups in total. The third-order valence-electron chi connectivity index (χ3n) is 7.28. The van der Waals surface area contributed by atoms with Crippen molar-refractivity contribution < 1.29 is 14.3 Å². The lowest BCUT2D eigenvalue weighted by atomic mass is 9.96. The molecular formula is C32H32N6O3. The molecule has 1 aliphatic heterocycles. The maximum absolute atomic E-state index is 12.6. The zero-order valence-corrected chi connectivity index (χ0v) is 23.2. The highest BCUT2D eigenvalue weighted by atomic mass is 16.5. The van der Waals surface area contributed by atoms with Crippen LogP contribution in [0, 0.1) is 17.8 Å². The van der Waals surface area contributed by atoms with E-state index in [0.717, 1.165) is 46.5 Å². The number of ether oxygens (including phenoxy) is 1. The van der Waals surface area contributed by atoms with Crippen molar-refractivity contribution in [3.05, 3.63) is 79.3 Å². The number of nitrogens with two attached hydrogens (primary N) is 1. The Morgan fingerprint density at radius 2 is 1.78 bits per heavy atom. The van der Waals surface area contributed by atoms with Crippen LogP contribution in [0.2, 0.25) is 0 Å². The fourth-order valence-electron chi connectivity index (χ4n) is 5.00. The second kappa shape index (κ2) is 12.0. The smallest absolute Gasteiger partial charge is 0.246 e. The molecule has 0 radical (unpaired) electrons. The van der Waals surface area contributed by atoms with E-state index in [1.54, 1.807) is 11.9 Å². The number of nitrogens with zero attached hydrogens (tertiary/aromatic N) is 5. The van der Waals surface area contributed by atoms with E-state index < -0.39 is 0 Å². The number of fused-ring (bicyclic) bond motifs is 1. The quantitative estimate of drug-likeness (QED) is 0.285. The fraction of sp³-hybridized carbons (Fsp3) is 0.250. The Morgan fingerprint density at radius 3 is 2.46 bits per heavy atom. The molecule has 1 aliphatic rings. The number of likely N-dealkylation sites (tertiary alicyclic amines) is 1. The number of anilines is 1. The Balaban J connectivity index is 1.38. The SMILES string of the molecule is C=CC(=O)N(C)CC(=O)N1CCC(C#Cc2c(-c3ccc(Oc4ccccc4)cc3)c3c(N)ncnc3n2C)CC1. The molecule has 2 amide bonds. The Hall–Kier alpha value is -5.10. The molecule has 0 bridgehead atoms. The zero-order chi connectivity index (χ0) is 28.9. The van der Waals surface area contributed by atoms with Crippen LogP contribution in [0.5, 0.6) is 11.5 Å². The second-order valence-electron chi connectivity index (χ2n) is 10.0. The Bertz CT molecular complexity index is 1640. The van der Waals surface area contributed by atoms with E-state index in [1.807, 2.05) is 66.2 Å². The maximum atomic E-state index is 12.6. The summed E-state index contributed by atoms with van der Waals surface area (Å²) in [5.41, 5.74) is 9.66. The molecule has 0 aliphatic carbocycles. The summed E-state index contributed by atoms with van der Waals surface area (Å²) in [5, 5.41) is 0.759. The third kappa shape index (κ3) is 5.92. The van der Waals surface area contributed by atoms with E-state index in [0.29, 0.717) is 24.6 Å². The number of amides is 2. The molecule has 3 heterocycles. The third-order valence-corrected chi connectivity index (χ3v) is 7.28. The normalized spacial score (nSPS) is 13.4. The highest BCUT2D eigenvalue weighted by Gasteiger charge is 2.24. The van der Waals surface area contributed by atoms with Gasteiger partial charge in [-0.2, -0.15) is 0 Å². The van der Waals surface area contributed by atoms with Crippen LogP contribution in [-0.4, -0.2) is 62.8 Å². The summed E-state index contributed by atoms with van der Waals surface area (Å²) in [7, 11) is 3.53. The van der Waals surface area contributed by atoms with Gasteiger partial charge in [-0.3, -0.25) is 9.59 Å². The minimum atomic E-state index is -0.270. The molecule has 5 rings (SSSR count). The molecule has 208 valence electrons. The first-order chi connectivity index (χ1) is 19.9. The van der Waals surface area contributed by atoms with E-state index in [-0.39, 0.29) is 24.3 Å². The highest BCUT2D eigenvalue weighted by molar-refractivity contribution is 6.03. The number of aryl methyl sites for hydroxylation is 1. The largest absolute Gasteiger partial charge is 0.457 e. The van der Waals surface area contributed by atoms with Crippen LogP contribution >= 0.6 is 0 Å². The van der Waals surface area contributed by atoms with E-state index in [1.165, 1.54) is 17.3 Å². The summed E-state index contributed by atoms with van der Waals surface area (Å²) in [4.78, 5) is 36.3. The molecule has 2 aromatic heterocycles. The Labute approximate surface area is 239 Å². The van der Waals surface area contributed by atoms with Gasteiger partial charge < -0.3 is 24.8 Å². The second-order valence-corrected chi connectivity index (χ2v) is 10.0. The van der Waals surface area contributed by atoms with Crippen LogP contribution in [0.3, 0.4) is 0 Å². The molecule has 2 aromatic carbocycles. The van der Waals surface area contributed by atoms with Gasteiger partial charge >= 0.3 is 0 Å². The summed E-state index contributed by atoms with van der Waals surface area (Å²) in [6.07, 6.45) is 4.18. The van der Waals surface area contributed by atoms with Gasteiger partial charge in [0.2, 0.25) is 11.8 Å². The predicted octanol–water partition coefficient (Wildman–Crippen LogP) is 4.24. The first-order valence-corrected chi connectivity index (χ1v) is 13.4. The zero-order valence-electron chi connectivity index (χ0n) is 23.2. The van der Waals surface area contributed by atoms with E-state index in [4.69, 9.17) is 10.5 Å². The number of hydrogen-bond donors (Lipinski definition) is 1. The van der Waals surface area contributed by atoms with E-state index in [9.17, 15) is 9.59 Å². The van der Waals surface area contributed by atoms with Gasteiger partial charge in [-0.25, -0.2) is 9.97 Å². The minimum absolute atomic E-state index is 0.0398. The number of nitrogen functional groups attached to an aromatic ring is 1. The molecule has 4 aromatic rings. The first-order valence-electron chi connectivity index (χ1n) is 13.4. The summed E-state index contributed by atoms with van der Waals surface area (Å²) in [5.74, 6) is 8.52. The number of aromatic nitrogens is 3. The van der Waals surface area contributed by atoms with Gasteiger partial charge in [0.1, 0.15) is 35.0 Å². The fourth-order valence-corrected chi connectivity index (χ4v) is 5.00. The van der Waals surface area contributed by atoms with Crippen LogP contribution < -0.4 is 10.5 Å². The topological polar surface area (TPSA) is 107 Å². The minimum Gasteiger partial charge on any atom is -0.457 e. The molecule has 0 atom stereocenters. The van der Waals surface area contributed by atoms with Crippen molar-refractivity contribution in [3.8, 4) is 34.5 Å². The average Bonchev–Trinajstić information content (AvgIpc) is 3.29. The lowest BCUT2D eigenvalue weighted by Crippen LogP contribution is -2.44. The van der Waals surface area contributed by atoms with Crippen molar-refractivity contribution in [3.63, 3.8) is 0 Å². The van der Waals surface area contributed by atoms with Gasteiger partial charge in [0.25, 0.3) is 0 Å². The van der Waals surface area contributed by atoms with Gasteiger partial charge in [0.15, 0.2) is 0 Å². The monoisotopic (exact) mass is 548 g/mol. The molecule has 0 saturated carbocycles. The number of carbonyl (C=O) groups is 2. The van der Waals surface area contributed by atoms with Crippen molar-refractivity contribution in [2.75, 3.05) is 32.4 Å². The molecule has 0 unspecified atom stereocenters. The number of rotatable bonds is 6. The predicted molar refractivity (Wildman–Crippen MR) is 159 cm³/mol. The number of carbonyl (C=O) groups excluding carboxylic acids is 2. The molecule has 1 saturated heterocycles. The van der Waals surface area contributed by atoms with Crippen molar-refractivity contribution in [2.24, 2.45) is 13.0 Å². The molecule has 9 heteroatoms. The molecule has 0 spiro atoms.